The van der Waals surface area contributed by atoms with E-state index in [4.69, 9.17) is 13.9 Å². The van der Waals surface area contributed by atoms with Crippen molar-refractivity contribution in [3.05, 3.63) is 64.6 Å². The Bertz CT molecular complexity index is 1340. The number of benzene rings is 2. The number of carbonyl (C=O) groups excluding carboxylic acids is 2. The SMILES string of the molecule is Cc1cc(O)c(CN2CCN(C(=O)OC(C)(C)C)CC2)c2c1C(=O)C(=Cc1cc3ccccc3o1)O2. The second kappa shape index (κ2) is 9.02. The molecule has 0 unspecified atom stereocenters. The number of hydrogen-bond donors (Lipinski definition) is 1. The summed E-state index contributed by atoms with van der Waals surface area (Å²) in [5.74, 6) is 0.912. The molecule has 2 aliphatic rings. The van der Waals surface area contributed by atoms with Gasteiger partial charge in [0, 0.05) is 44.2 Å². The lowest BCUT2D eigenvalue weighted by Crippen LogP contribution is -2.49. The van der Waals surface area contributed by atoms with E-state index in [-0.39, 0.29) is 23.4 Å². The van der Waals surface area contributed by atoms with E-state index in [0.717, 1.165) is 11.0 Å². The Hall–Kier alpha value is -3.78. The number of aryl methyl sites for hydroxylation is 1. The van der Waals surface area contributed by atoms with Crippen LogP contribution in [0, 0.1) is 6.92 Å². The quantitative estimate of drug-likeness (QED) is 0.510. The zero-order chi connectivity index (χ0) is 25.6. The maximum atomic E-state index is 13.2. The van der Waals surface area contributed by atoms with Gasteiger partial charge >= 0.3 is 6.09 Å². The number of phenols is 1. The minimum absolute atomic E-state index is 0.0820. The third-order valence-corrected chi connectivity index (χ3v) is 6.34. The molecular formula is C28H30N2O6. The number of ketones is 1. The van der Waals surface area contributed by atoms with Crippen molar-refractivity contribution in [2.75, 3.05) is 26.2 Å². The Labute approximate surface area is 209 Å². The number of furan rings is 1. The van der Waals surface area contributed by atoms with Crippen LogP contribution in [0.15, 0.2) is 46.6 Å². The number of ether oxygens (including phenoxy) is 2. The van der Waals surface area contributed by atoms with E-state index in [0.29, 0.717) is 60.9 Å². The van der Waals surface area contributed by atoms with E-state index in [9.17, 15) is 14.7 Å². The Balaban J connectivity index is 1.35. The van der Waals surface area contributed by atoms with Crippen molar-refractivity contribution >= 4 is 28.9 Å². The Morgan fingerprint density at radius 1 is 1.14 bits per heavy atom. The highest BCUT2D eigenvalue weighted by molar-refractivity contribution is 6.15. The smallest absolute Gasteiger partial charge is 0.410 e. The number of hydrogen-bond acceptors (Lipinski definition) is 7. The highest BCUT2D eigenvalue weighted by atomic mass is 16.6. The lowest BCUT2D eigenvalue weighted by atomic mass is 9.99. The number of carbonyl (C=O) groups is 2. The van der Waals surface area contributed by atoms with Crippen molar-refractivity contribution in [2.45, 2.75) is 39.8 Å². The molecule has 36 heavy (non-hydrogen) atoms. The Kier molecular flexibility index (Phi) is 6.00. The molecule has 1 saturated heterocycles. The zero-order valence-corrected chi connectivity index (χ0v) is 21.0. The van der Waals surface area contributed by atoms with Crippen LogP contribution in [0.25, 0.3) is 17.0 Å². The van der Waals surface area contributed by atoms with E-state index in [1.807, 2.05) is 51.1 Å². The van der Waals surface area contributed by atoms with Gasteiger partial charge in [0.1, 0.15) is 28.4 Å². The van der Waals surface area contributed by atoms with Crippen molar-refractivity contribution in [3.8, 4) is 11.5 Å². The Morgan fingerprint density at radius 2 is 1.86 bits per heavy atom. The molecule has 1 aromatic heterocycles. The fraction of sp³-hybridized carbons (Fsp3) is 0.357. The third-order valence-electron chi connectivity index (χ3n) is 6.34. The number of amides is 1. The molecule has 5 rings (SSSR count). The van der Waals surface area contributed by atoms with Gasteiger partial charge in [-0.15, -0.1) is 0 Å². The first-order valence-electron chi connectivity index (χ1n) is 12.1. The van der Waals surface area contributed by atoms with Gasteiger partial charge in [0.15, 0.2) is 5.76 Å². The zero-order valence-electron chi connectivity index (χ0n) is 21.0. The summed E-state index contributed by atoms with van der Waals surface area (Å²) in [5.41, 5.74) is 1.85. The standard InChI is InChI=1S/C28H30N2O6/c1-17-13-21(31)20(16-29-9-11-30(12-10-29)27(33)36-28(2,3)4)26-24(17)25(32)23(35-26)15-19-14-18-7-5-6-8-22(18)34-19/h5-8,13-15,31H,9-12,16H2,1-4H3. The predicted molar refractivity (Wildman–Crippen MR) is 135 cm³/mol. The number of phenolic OH excluding ortho intramolecular Hbond substituents is 1. The summed E-state index contributed by atoms with van der Waals surface area (Å²) in [4.78, 5) is 29.4. The van der Waals surface area contributed by atoms with Crippen molar-refractivity contribution in [3.63, 3.8) is 0 Å². The van der Waals surface area contributed by atoms with Crippen molar-refractivity contribution in [1.82, 2.24) is 9.80 Å². The topological polar surface area (TPSA) is 92.5 Å². The predicted octanol–water partition coefficient (Wildman–Crippen LogP) is 5.12. The molecule has 0 radical (unpaired) electrons. The van der Waals surface area contributed by atoms with Crippen LogP contribution in [0.5, 0.6) is 11.5 Å². The molecule has 2 aromatic carbocycles. The van der Waals surface area contributed by atoms with E-state index in [1.54, 1.807) is 24.0 Å². The molecular weight excluding hydrogens is 460 g/mol. The van der Waals surface area contributed by atoms with Crippen LogP contribution in [0.3, 0.4) is 0 Å². The van der Waals surface area contributed by atoms with Gasteiger partial charge in [0.05, 0.1) is 11.1 Å². The molecule has 1 amide bonds. The molecule has 0 aliphatic carbocycles. The number of aromatic hydroxyl groups is 1. The summed E-state index contributed by atoms with van der Waals surface area (Å²) in [6.07, 6.45) is 1.28. The molecule has 8 nitrogen and oxygen atoms in total. The summed E-state index contributed by atoms with van der Waals surface area (Å²) >= 11 is 0. The van der Waals surface area contributed by atoms with E-state index < -0.39 is 5.60 Å². The number of fused-ring (bicyclic) bond motifs is 2. The number of allylic oxidation sites excluding steroid dienone is 1. The minimum atomic E-state index is -0.542. The molecule has 3 heterocycles. The number of piperazine rings is 1. The first-order valence-corrected chi connectivity index (χ1v) is 12.1. The summed E-state index contributed by atoms with van der Waals surface area (Å²) < 4.78 is 17.4. The van der Waals surface area contributed by atoms with Gasteiger partial charge < -0.3 is 23.9 Å². The second-order valence-corrected chi connectivity index (χ2v) is 10.3. The number of para-hydroxylation sites is 1. The van der Waals surface area contributed by atoms with Gasteiger partial charge in [0.2, 0.25) is 5.78 Å². The second-order valence-electron chi connectivity index (χ2n) is 10.3. The van der Waals surface area contributed by atoms with Crippen molar-refractivity contribution < 1.29 is 28.6 Å². The molecule has 0 saturated carbocycles. The van der Waals surface area contributed by atoms with Gasteiger partial charge in [-0.3, -0.25) is 9.69 Å². The Morgan fingerprint density at radius 3 is 2.56 bits per heavy atom. The molecule has 1 N–H and O–H groups in total. The highest BCUT2D eigenvalue weighted by Gasteiger charge is 2.35. The average molecular weight is 491 g/mol. The van der Waals surface area contributed by atoms with Gasteiger partial charge in [-0.25, -0.2) is 4.79 Å². The first kappa shape index (κ1) is 23.9. The van der Waals surface area contributed by atoms with Crippen LogP contribution in [0.2, 0.25) is 0 Å². The number of rotatable bonds is 3. The van der Waals surface area contributed by atoms with Gasteiger partial charge in [-0.1, -0.05) is 18.2 Å². The molecule has 1 fully saturated rings. The summed E-state index contributed by atoms with van der Waals surface area (Å²) in [7, 11) is 0. The van der Waals surface area contributed by atoms with Crippen LogP contribution in [-0.4, -0.2) is 58.6 Å². The van der Waals surface area contributed by atoms with Crippen molar-refractivity contribution in [1.29, 1.82) is 0 Å². The normalized spacial score (nSPS) is 17.5. The molecule has 0 atom stereocenters. The van der Waals surface area contributed by atoms with Gasteiger partial charge in [-0.05, 0) is 51.5 Å². The molecule has 8 heteroatoms. The monoisotopic (exact) mass is 490 g/mol. The lowest BCUT2D eigenvalue weighted by Gasteiger charge is -2.35. The highest BCUT2D eigenvalue weighted by Crippen LogP contribution is 2.42. The molecule has 188 valence electrons. The molecule has 3 aromatic rings. The largest absolute Gasteiger partial charge is 0.507 e. The maximum absolute atomic E-state index is 13.2. The molecule has 0 spiro atoms. The van der Waals surface area contributed by atoms with Crippen LogP contribution in [0.1, 0.15) is 48.0 Å². The van der Waals surface area contributed by atoms with Gasteiger partial charge in [0.25, 0.3) is 0 Å². The maximum Gasteiger partial charge on any atom is 0.410 e. The lowest BCUT2D eigenvalue weighted by molar-refractivity contribution is 0.0137. The third kappa shape index (κ3) is 4.68. The fourth-order valence-corrected chi connectivity index (χ4v) is 4.57. The van der Waals surface area contributed by atoms with Crippen LogP contribution in [-0.2, 0) is 11.3 Å². The molecule has 0 bridgehead atoms. The number of nitrogens with zero attached hydrogens (tertiary/aromatic N) is 2. The summed E-state index contributed by atoms with van der Waals surface area (Å²) in [6, 6.07) is 11.1. The minimum Gasteiger partial charge on any atom is -0.507 e. The van der Waals surface area contributed by atoms with Crippen LogP contribution >= 0.6 is 0 Å². The van der Waals surface area contributed by atoms with Crippen molar-refractivity contribution in [2.24, 2.45) is 0 Å². The average Bonchev–Trinajstić information content (AvgIpc) is 3.36. The van der Waals surface area contributed by atoms with E-state index in [1.165, 1.54) is 0 Å². The van der Waals surface area contributed by atoms with Gasteiger partial charge in [-0.2, -0.15) is 0 Å². The van der Waals surface area contributed by atoms with E-state index in [2.05, 4.69) is 4.90 Å². The summed E-state index contributed by atoms with van der Waals surface area (Å²) in [5, 5.41) is 11.7. The fourth-order valence-electron chi connectivity index (χ4n) is 4.57. The van der Waals surface area contributed by atoms with E-state index >= 15 is 0 Å². The molecule has 2 aliphatic heterocycles. The van der Waals surface area contributed by atoms with Crippen LogP contribution < -0.4 is 4.74 Å². The first-order chi connectivity index (χ1) is 17.1. The summed E-state index contributed by atoms with van der Waals surface area (Å²) in [6.45, 7) is 9.96. The number of Topliss-reactive ketones (excluding diaryl/α,β-unsaturated/α-hetero) is 1. The van der Waals surface area contributed by atoms with Crippen LogP contribution in [0.4, 0.5) is 4.79 Å².